The second-order valence-electron chi connectivity index (χ2n) is 13.8. The van der Waals surface area contributed by atoms with E-state index in [2.05, 4.69) is 89.1 Å². The van der Waals surface area contributed by atoms with Crippen molar-refractivity contribution in [3.05, 3.63) is 0 Å². The van der Waals surface area contributed by atoms with Gasteiger partial charge < -0.3 is 14.7 Å². The smallest absolute Gasteiger partial charge is 0.0112 e. The lowest BCUT2D eigenvalue weighted by Gasteiger charge is -2.34. The molecule has 4 fully saturated rings. The minimum atomic E-state index is 0. The number of hydrogen-bond donors (Lipinski definition) is 0. The molecule has 238 valence electrons. The molecule has 4 rings (SSSR count). The van der Waals surface area contributed by atoms with Gasteiger partial charge in [-0.25, -0.2) is 0 Å². The van der Waals surface area contributed by atoms with E-state index in [1.807, 2.05) is 0 Å². The second kappa shape index (κ2) is 23.4. The molecular formula is C35H78N4. The van der Waals surface area contributed by atoms with Gasteiger partial charge in [-0.3, -0.25) is 4.90 Å². The van der Waals surface area contributed by atoms with E-state index in [0.29, 0.717) is 0 Å². The summed E-state index contributed by atoms with van der Waals surface area (Å²) < 4.78 is 0. The predicted molar refractivity (Wildman–Crippen MR) is 180 cm³/mol. The number of hydrogen-bond acceptors (Lipinski definition) is 4. The number of piperazine rings is 1. The summed E-state index contributed by atoms with van der Waals surface area (Å²) in [6.45, 7) is 28.7. The van der Waals surface area contributed by atoms with Crippen LogP contribution in [0, 0.1) is 23.7 Å². The highest BCUT2D eigenvalue weighted by molar-refractivity contribution is 4.73. The zero-order valence-corrected chi connectivity index (χ0v) is 27.3. The third-order valence-electron chi connectivity index (χ3n) is 9.44. The summed E-state index contributed by atoms with van der Waals surface area (Å²) >= 11 is 0. The average Bonchev–Trinajstić information content (AvgIpc) is 3.42. The predicted octanol–water partition coefficient (Wildman–Crippen LogP) is 8.61. The minimum absolute atomic E-state index is 0. The summed E-state index contributed by atoms with van der Waals surface area (Å²) in [6, 6.07) is 1.51. The molecule has 0 aromatic rings. The van der Waals surface area contributed by atoms with Crippen LogP contribution in [0.15, 0.2) is 0 Å². The second-order valence-corrected chi connectivity index (χ2v) is 13.8. The largest absolute Gasteiger partial charge is 0.306 e. The van der Waals surface area contributed by atoms with Gasteiger partial charge >= 0.3 is 0 Å². The third-order valence-corrected chi connectivity index (χ3v) is 9.44. The van der Waals surface area contributed by atoms with Crippen LogP contribution >= 0.6 is 0 Å². The lowest BCUT2D eigenvalue weighted by atomic mass is 9.82. The summed E-state index contributed by atoms with van der Waals surface area (Å²) in [4.78, 5) is 9.87. The molecular weight excluding hydrogens is 476 g/mol. The SMILES string of the molecule is C.C.CC(C)C1CCCCC1.CC(C)C1CCN(C)CC1.CC(C)N1CCCC1.CC(C)N1CCN(C)CC1. The molecule has 0 atom stereocenters. The summed E-state index contributed by atoms with van der Waals surface area (Å²) in [5.41, 5.74) is 0. The van der Waals surface area contributed by atoms with Crippen LogP contribution in [0.4, 0.5) is 0 Å². The van der Waals surface area contributed by atoms with Gasteiger partial charge in [-0.1, -0.05) is 74.7 Å². The Labute approximate surface area is 249 Å². The van der Waals surface area contributed by atoms with Gasteiger partial charge in [0, 0.05) is 38.3 Å². The van der Waals surface area contributed by atoms with Crippen molar-refractivity contribution < 1.29 is 0 Å². The molecule has 0 amide bonds. The Hall–Kier alpha value is -0.160. The molecule has 0 unspecified atom stereocenters. The maximum Gasteiger partial charge on any atom is 0.0112 e. The van der Waals surface area contributed by atoms with Crippen molar-refractivity contribution in [1.82, 2.24) is 19.6 Å². The van der Waals surface area contributed by atoms with Gasteiger partial charge in [0.25, 0.3) is 0 Å². The standard InChI is InChI=1S/C9H19N.C9H18.C8H18N2.C7H15N.2CH4/c1-8(2)9-4-6-10(3)7-5-9;1-8(2)9-6-4-3-5-7-9;1-8(2)10-6-4-9(3)5-7-10;1-7(2)8-5-3-4-6-8;;/h8-9H,4-7H2,1-3H3;8-9H,3-7H2,1-2H3;8H,4-7H2,1-3H3;7H,3-6H2,1-2H3;2*1H4. The number of piperidine rings is 1. The van der Waals surface area contributed by atoms with Crippen LogP contribution < -0.4 is 0 Å². The molecule has 3 saturated heterocycles. The molecule has 4 aliphatic rings. The molecule has 0 aromatic carbocycles. The normalized spacial score (nSPS) is 22.3. The fraction of sp³-hybridized carbons (Fsp3) is 1.00. The van der Waals surface area contributed by atoms with Crippen LogP contribution in [0.25, 0.3) is 0 Å². The van der Waals surface area contributed by atoms with Crippen molar-refractivity contribution in [2.24, 2.45) is 23.7 Å². The topological polar surface area (TPSA) is 13.0 Å². The molecule has 4 nitrogen and oxygen atoms in total. The van der Waals surface area contributed by atoms with Gasteiger partial charge in [0.1, 0.15) is 0 Å². The van der Waals surface area contributed by atoms with Crippen LogP contribution in [-0.2, 0) is 0 Å². The van der Waals surface area contributed by atoms with Gasteiger partial charge in [0.05, 0.1) is 0 Å². The Morgan fingerprint density at radius 1 is 0.410 bits per heavy atom. The van der Waals surface area contributed by atoms with Gasteiger partial charge in [-0.15, -0.1) is 0 Å². The van der Waals surface area contributed by atoms with E-state index in [9.17, 15) is 0 Å². The molecule has 1 saturated carbocycles. The molecule has 3 heterocycles. The van der Waals surface area contributed by atoms with E-state index in [1.165, 1.54) is 110 Å². The highest BCUT2D eigenvalue weighted by atomic mass is 15.3. The zero-order valence-electron chi connectivity index (χ0n) is 27.3. The van der Waals surface area contributed by atoms with Gasteiger partial charge in [-0.2, -0.15) is 0 Å². The Morgan fingerprint density at radius 3 is 1.10 bits per heavy atom. The number of nitrogens with zero attached hydrogens (tertiary/aromatic N) is 4. The van der Waals surface area contributed by atoms with Crippen LogP contribution in [0.2, 0.25) is 0 Å². The minimum Gasteiger partial charge on any atom is -0.306 e. The first-order valence-corrected chi connectivity index (χ1v) is 16.4. The Kier molecular flexibility index (Phi) is 24.6. The van der Waals surface area contributed by atoms with Crippen LogP contribution in [0.3, 0.4) is 0 Å². The van der Waals surface area contributed by atoms with Gasteiger partial charge in [-0.05, 0) is 117 Å². The molecule has 0 aromatic heterocycles. The first-order valence-electron chi connectivity index (χ1n) is 16.4. The van der Waals surface area contributed by atoms with Crippen molar-refractivity contribution in [1.29, 1.82) is 0 Å². The summed E-state index contributed by atoms with van der Waals surface area (Å²) in [6.07, 6.45) is 13.1. The van der Waals surface area contributed by atoms with Crippen LogP contribution in [-0.4, -0.2) is 98.1 Å². The molecule has 39 heavy (non-hydrogen) atoms. The first kappa shape index (κ1) is 41.0. The molecule has 3 aliphatic heterocycles. The summed E-state index contributed by atoms with van der Waals surface area (Å²) in [5, 5.41) is 0. The lowest BCUT2D eigenvalue weighted by molar-refractivity contribution is 0.126. The van der Waals surface area contributed by atoms with Gasteiger partial charge in [0.2, 0.25) is 0 Å². The van der Waals surface area contributed by atoms with Crippen molar-refractivity contribution >= 4 is 0 Å². The van der Waals surface area contributed by atoms with Gasteiger partial charge in [0.15, 0.2) is 0 Å². The quantitative estimate of drug-likeness (QED) is 0.345. The molecule has 0 N–H and O–H groups in total. The highest BCUT2D eigenvalue weighted by Gasteiger charge is 2.19. The van der Waals surface area contributed by atoms with E-state index in [4.69, 9.17) is 0 Å². The first-order chi connectivity index (χ1) is 17.5. The Morgan fingerprint density at radius 2 is 0.769 bits per heavy atom. The third kappa shape index (κ3) is 18.8. The zero-order chi connectivity index (χ0) is 27.8. The van der Waals surface area contributed by atoms with Crippen molar-refractivity contribution in [2.75, 3.05) is 66.5 Å². The lowest BCUT2D eigenvalue weighted by Crippen LogP contribution is -2.47. The van der Waals surface area contributed by atoms with Crippen molar-refractivity contribution in [3.8, 4) is 0 Å². The van der Waals surface area contributed by atoms with Crippen molar-refractivity contribution in [2.45, 2.75) is 140 Å². The number of likely N-dealkylation sites (N-methyl/N-ethyl adjacent to an activating group) is 1. The Balaban J connectivity index is 0. The van der Waals surface area contributed by atoms with Crippen LogP contribution in [0.1, 0.15) is 128 Å². The Bertz CT molecular complexity index is 479. The number of rotatable bonds is 4. The highest BCUT2D eigenvalue weighted by Crippen LogP contribution is 2.29. The molecule has 4 heteroatoms. The summed E-state index contributed by atoms with van der Waals surface area (Å²) in [5.74, 6) is 3.88. The maximum absolute atomic E-state index is 2.53. The fourth-order valence-electron chi connectivity index (χ4n) is 6.09. The fourth-order valence-corrected chi connectivity index (χ4v) is 6.09. The number of likely N-dealkylation sites (tertiary alicyclic amines) is 2. The summed E-state index contributed by atoms with van der Waals surface area (Å²) in [7, 11) is 4.41. The molecule has 0 spiro atoms. The molecule has 0 radical (unpaired) electrons. The van der Waals surface area contributed by atoms with E-state index < -0.39 is 0 Å². The van der Waals surface area contributed by atoms with E-state index in [0.717, 1.165) is 35.8 Å². The van der Waals surface area contributed by atoms with Crippen molar-refractivity contribution in [3.63, 3.8) is 0 Å². The van der Waals surface area contributed by atoms with E-state index >= 15 is 0 Å². The molecule has 0 bridgehead atoms. The average molecular weight is 555 g/mol. The van der Waals surface area contributed by atoms with E-state index in [1.54, 1.807) is 0 Å². The monoisotopic (exact) mass is 555 g/mol. The van der Waals surface area contributed by atoms with E-state index in [-0.39, 0.29) is 14.9 Å². The maximum atomic E-state index is 2.53. The molecule has 1 aliphatic carbocycles. The van der Waals surface area contributed by atoms with Crippen LogP contribution in [0.5, 0.6) is 0 Å².